The van der Waals surface area contributed by atoms with E-state index in [2.05, 4.69) is 10.3 Å². The Morgan fingerprint density at radius 1 is 0.950 bits per heavy atom. The number of H-pyrrole nitrogens is 1. The van der Waals surface area contributed by atoms with Gasteiger partial charge in [0.2, 0.25) is 11.8 Å². The molecule has 1 aromatic heterocycles. The highest BCUT2D eigenvalue weighted by molar-refractivity contribution is 8.00. The molecular formula is C29H23N3O6S2. The van der Waals surface area contributed by atoms with Crippen molar-refractivity contribution in [2.45, 2.75) is 16.2 Å². The third kappa shape index (κ3) is 4.67. The fourth-order valence-corrected chi connectivity index (χ4v) is 7.58. The lowest BCUT2D eigenvalue weighted by Crippen LogP contribution is -2.32. The van der Waals surface area contributed by atoms with Crippen molar-refractivity contribution in [3.05, 3.63) is 99.0 Å². The first-order valence-electron chi connectivity index (χ1n) is 12.4. The predicted molar refractivity (Wildman–Crippen MR) is 152 cm³/mol. The van der Waals surface area contributed by atoms with Gasteiger partial charge in [0.15, 0.2) is 18.1 Å². The number of hydrogen-bond acceptors (Lipinski definition) is 8. The van der Waals surface area contributed by atoms with E-state index in [1.54, 1.807) is 54.6 Å². The molecular weight excluding hydrogens is 550 g/mol. The predicted octanol–water partition coefficient (Wildman–Crippen LogP) is 4.26. The largest absolute Gasteiger partial charge is 0.493 e. The minimum atomic E-state index is -0.718. The molecule has 1 saturated heterocycles. The summed E-state index contributed by atoms with van der Waals surface area (Å²) in [5, 5.41) is 2.66. The molecule has 4 aromatic rings. The molecule has 3 atom stereocenters. The van der Waals surface area contributed by atoms with Gasteiger partial charge in [-0.3, -0.25) is 19.2 Å². The zero-order valence-electron chi connectivity index (χ0n) is 21.2. The van der Waals surface area contributed by atoms with Crippen molar-refractivity contribution in [1.29, 1.82) is 0 Å². The van der Waals surface area contributed by atoms with E-state index in [1.165, 1.54) is 23.8 Å². The number of methoxy groups -OCH3 is 1. The minimum absolute atomic E-state index is 0.238. The number of aromatic nitrogens is 1. The van der Waals surface area contributed by atoms with Crippen LogP contribution >= 0.6 is 23.1 Å². The van der Waals surface area contributed by atoms with Crippen LogP contribution in [0.2, 0.25) is 0 Å². The summed E-state index contributed by atoms with van der Waals surface area (Å²) in [7, 11) is 1.48. The molecule has 2 aliphatic heterocycles. The minimum Gasteiger partial charge on any atom is -0.493 e. The number of aromatic amines is 1. The number of carbonyl (C=O) groups is 3. The lowest BCUT2D eigenvalue weighted by molar-refractivity contribution is -0.122. The molecule has 3 heterocycles. The highest BCUT2D eigenvalue weighted by Crippen LogP contribution is 2.53. The second kappa shape index (κ2) is 10.7. The van der Waals surface area contributed by atoms with Gasteiger partial charge in [0.05, 0.1) is 23.7 Å². The Bertz CT molecular complexity index is 1650. The monoisotopic (exact) mass is 573 g/mol. The van der Waals surface area contributed by atoms with Gasteiger partial charge in [-0.05, 0) is 42.0 Å². The van der Waals surface area contributed by atoms with Gasteiger partial charge in [-0.25, -0.2) is 4.90 Å². The number of rotatable bonds is 7. The Morgan fingerprint density at radius 2 is 1.68 bits per heavy atom. The van der Waals surface area contributed by atoms with E-state index < -0.39 is 17.1 Å². The van der Waals surface area contributed by atoms with Crippen LogP contribution in [0.3, 0.4) is 0 Å². The molecule has 2 N–H and O–H groups in total. The topological polar surface area (TPSA) is 118 Å². The maximum absolute atomic E-state index is 13.8. The molecule has 6 rings (SSSR count). The number of thioether (sulfide) groups is 1. The average molecular weight is 574 g/mol. The molecule has 0 aliphatic carbocycles. The highest BCUT2D eigenvalue weighted by atomic mass is 32.2. The zero-order valence-corrected chi connectivity index (χ0v) is 22.8. The number of carbonyl (C=O) groups excluding carboxylic acids is 3. The second-order valence-electron chi connectivity index (χ2n) is 9.21. The summed E-state index contributed by atoms with van der Waals surface area (Å²) in [6.45, 7) is -0.238. The molecule has 0 unspecified atom stereocenters. The normalized spacial score (nSPS) is 19.6. The summed E-state index contributed by atoms with van der Waals surface area (Å²) in [6, 6.07) is 23.1. The first-order valence-corrected chi connectivity index (χ1v) is 14.1. The van der Waals surface area contributed by atoms with E-state index in [-0.39, 0.29) is 29.2 Å². The fraction of sp³-hybridized carbons (Fsp3) is 0.172. The maximum atomic E-state index is 13.8. The Kier molecular flexibility index (Phi) is 6.91. The molecule has 202 valence electrons. The van der Waals surface area contributed by atoms with E-state index in [9.17, 15) is 19.2 Å². The first-order chi connectivity index (χ1) is 19.4. The SMILES string of the molecule is COc1cc([C@@H]2c3sc(=O)[nH]c3S[C@H]3C(=O)N(c4ccccc4)C(=O)[C@@H]23)ccc1OCC(=O)Nc1ccccc1. The van der Waals surface area contributed by atoms with Gasteiger partial charge >= 0.3 is 4.87 Å². The number of amides is 3. The number of hydrogen-bond donors (Lipinski definition) is 2. The third-order valence-corrected chi connectivity index (χ3v) is 9.20. The van der Waals surface area contributed by atoms with Crippen LogP contribution in [0, 0.1) is 5.92 Å². The molecule has 3 aromatic carbocycles. The lowest BCUT2D eigenvalue weighted by atomic mass is 9.83. The summed E-state index contributed by atoms with van der Waals surface area (Å²) in [5.74, 6) is -1.53. The van der Waals surface area contributed by atoms with Crippen LogP contribution < -0.4 is 24.6 Å². The zero-order chi connectivity index (χ0) is 27.8. The Hall–Kier alpha value is -4.35. The average Bonchev–Trinajstić information content (AvgIpc) is 3.46. The lowest BCUT2D eigenvalue weighted by Gasteiger charge is -2.30. The number of anilines is 2. The fourth-order valence-electron chi connectivity index (χ4n) is 5.07. The smallest absolute Gasteiger partial charge is 0.305 e. The summed E-state index contributed by atoms with van der Waals surface area (Å²) >= 11 is 2.26. The summed E-state index contributed by atoms with van der Waals surface area (Å²) < 4.78 is 11.3. The van der Waals surface area contributed by atoms with Crippen LogP contribution in [-0.2, 0) is 14.4 Å². The van der Waals surface area contributed by atoms with Crippen molar-refractivity contribution in [3.8, 4) is 11.5 Å². The second-order valence-corrected chi connectivity index (χ2v) is 11.4. The van der Waals surface area contributed by atoms with Crippen LogP contribution in [0.5, 0.6) is 11.5 Å². The Balaban J connectivity index is 1.31. The molecule has 0 radical (unpaired) electrons. The van der Waals surface area contributed by atoms with Crippen molar-refractivity contribution < 1.29 is 23.9 Å². The third-order valence-electron chi connectivity index (χ3n) is 6.80. The van der Waals surface area contributed by atoms with Gasteiger partial charge in [0.25, 0.3) is 5.91 Å². The van der Waals surface area contributed by atoms with Crippen molar-refractivity contribution in [2.75, 3.05) is 23.9 Å². The quantitative estimate of drug-likeness (QED) is 0.317. The summed E-state index contributed by atoms with van der Waals surface area (Å²) in [4.78, 5) is 56.6. The van der Waals surface area contributed by atoms with Crippen LogP contribution in [0.4, 0.5) is 11.4 Å². The maximum Gasteiger partial charge on any atom is 0.305 e. The number of nitrogens with one attached hydrogen (secondary N) is 2. The van der Waals surface area contributed by atoms with E-state index in [0.29, 0.717) is 38.3 Å². The Labute approximate surface area is 237 Å². The molecule has 11 heteroatoms. The van der Waals surface area contributed by atoms with Crippen LogP contribution in [-0.4, -0.2) is 41.7 Å². The molecule has 9 nitrogen and oxygen atoms in total. The molecule has 2 aliphatic rings. The number of imide groups is 1. The van der Waals surface area contributed by atoms with Gasteiger partial charge in [0.1, 0.15) is 5.25 Å². The number of ether oxygens (including phenoxy) is 2. The van der Waals surface area contributed by atoms with Gasteiger partial charge < -0.3 is 19.8 Å². The van der Waals surface area contributed by atoms with E-state index in [4.69, 9.17) is 9.47 Å². The molecule has 0 saturated carbocycles. The first kappa shape index (κ1) is 25.9. The number of para-hydroxylation sites is 2. The summed E-state index contributed by atoms with van der Waals surface area (Å²) in [5.41, 5.74) is 1.86. The standard InChI is InChI=1S/C29H23N3O6S2/c1-37-20-14-16(12-13-19(20)38-15-21(33)30-17-8-4-2-5-9-17)22-23-25(39-26-24(22)40-29(36)31-26)28(35)32(27(23)34)18-10-6-3-7-11-18/h2-14,22-23,25H,15H2,1H3,(H,30,33)(H,31,36)/t22-,23-,25+/m0/s1. The van der Waals surface area contributed by atoms with E-state index in [0.717, 1.165) is 11.3 Å². The molecule has 40 heavy (non-hydrogen) atoms. The summed E-state index contributed by atoms with van der Waals surface area (Å²) in [6.07, 6.45) is 0. The molecule has 1 fully saturated rings. The van der Waals surface area contributed by atoms with Gasteiger partial charge in [-0.15, -0.1) is 0 Å². The van der Waals surface area contributed by atoms with Crippen molar-refractivity contribution in [3.63, 3.8) is 0 Å². The van der Waals surface area contributed by atoms with Crippen molar-refractivity contribution >= 4 is 52.2 Å². The van der Waals surface area contributed by atoms with Crippen molar-refractivity contribution in [2.24, 2.45) is 5.92 Å². The number of fused-ring (bicyclic) bond motifs is 2. The van der Waals surface area contributed by atoms with Crippen LogP contribution in [0.1, 0.15) is 16.4 Å². The van der Waals surface area contributed by atoms with E-state index >= 15 is 0 Å². The van der Waals surface area contributed by atoms with Crippen LogP contribution in [0.15, 0.2) is 88.7 Å². The molecule has 0 bridgehead atoms. The Morgan fingerprint density at radius 3 is 2.40 bits per heavy atom. The molecule has 0 spiro atoms. The van der Waals surface area contributed by atoms with Crippen molar-refractivity contribution in [1.82, 2.24) is 4.98 Å². The number of benzene rings is 3. The van der Waals surface area contributed by atoms with E-state index in [1.807, 2.05) is 24.3 Å². The van der Waals surface area contributed by atoms with Gasteiger partial charge in [-0.1, -0.05) is 65.6 Å². The van der Waals surface area contributed by atoms with Crippen LogP contribution in [0.25, 0.3) is 0 Å². The number of thiazole rings is 1. The highest BCUT2D eigenvalue weighted by Gasteiger charge is 2.56. The van der Waals surface area contributed by atoms with Gasteiger partial charge in [0, 0.05) is 16.5 Å². The molecule has 3 amide bonds. The number of nitrogens with zero attached hydrogens (tertiary/aromatic N) is 1. The van der Waals surface area contributed by atoms with Gasteiger partial charge in [-0.2, -0.15) is 0 Å².